The summed E-state index contributed by atoms with van der Waals surface area (Å²) in [6.45, 7) is 2.76. The lowest BCUT2D eigenvalue weighted by molar-refractivity contribution is -0.384. The summed E-state index contributed by atoms with van der Waals surface area (Å²) in [5.41, 5.74) is -0.264. The maximum absolute atomic E-state index is 11.5. The molecule has 18 heavy (non-hydrogen) atoms. The van der Waals surface area contributed by atoms with Crippen LogP contribution in [0.1, 0.15) is 13.3 Å². The molecular weight excluding hydrogens is 238 g/mol. The van der Waals surface area contributed by atoms with Crippen molar-refractivity contribution in [3.05, 3.63) is 28.3 Å². The molecule has 0 heterocycles. The highest BCUT2D eigenvalue weighted by Crippen LogP contribution is 2.28. The third-order valence-electron chi connectivity index (χ3n) is 2.16. The first-order valence-electron chi connectivity index (χ1n) is 5.52. The smallest absolute Gasteiger partial charge is 0.296 e. The number of phenolic OH excluding ortho intramolecular Hbond substituents is 1. The Hall–Kier alpha value is -2.15. The van der Waals surface area contributed by atoms with Gasteiger partial charge in [-0.25, -0.2) is 0 Å². The van der Waals surface area contributed by atoms with E-state index in [-0.39, 0.29) is 29.6 Å². The number of nitro groups is 1. The van der Waals surface area contributed by atoms with Gasteiger partial charge in [-0.1, -0.05) is 6.92 Å². The number of phenols is 1. The fourth-order valence-electron chi connectivity index (χ4n) is 1.35. The summed E-state index contributed by atoms with van der Waals surface area (Å²) in [7, 11) is 0. The van der Waals surface area contributed by atoms with Crippen LogP contribution < -0.4 is 10.6 Å². The molecule has 1 amide bonds. The molecule has 0 aromatic heterocycles. The van der Waals surface area contributed by atoms with Crippen LogP contribution in [0.25, 0.3) is 0 Å². The van der Waals surface area contributed by atoms with Crippen molar-refractivity contribution in [2.24, 2.45) is 0 Å². The second-order valence-corrected chi connectivity index (χ2v) is 3.68. The number of benzene rings is 1. The normalized spacial score (nSPS) is 10.1. The van der Waals surface area contributed by atoms with E-state index in [1.54, 1.807) is 0 Å². The van der Waals surface area contributed by atoms with Crippen molar-refractivity contribution in [2.45, 2.75) is 13.3 Å². The first kappa shape index (κ1) is 13.9. The first-order chi connectivity index (χ1) is 8.54. The van der Waals surface area contributed by atoms with E-state index < -0.39 is 4.92 Å². The number of nitrogens with one attached hydrogen (secondary N) is 2. The number of nitro benzene ring substituents is 1. The van der Waals surface area contributed by atoms with Gasteiger partial charge in [-0.05, 0) is 25.1 Å². The molecule has 0 atom stereocenters. The van der Waals surface area contributed by atoms with Gasteiger partial charge in [0, 0.05) is 0 Å². The van der Waals surface area contributed by atoms with Crippen molar-refractivity contribution in [3.8, 4) is 5.75 Å². The van der Waals surface area contributed by atoms with Crippen molar-refractivity contribution in [1.29, 1.82) is 0 Å². The summed E-state index contributed by atoms with van der Waals surface area (Å²) in [6.07, 6.45) is 0.895. The van der Waals surface area contributed by atoms with Crippen LogP contribution in [0.4, 0.5) is 11.4 Å². The van der Waals surface area contributed by atoms with Gasteiger partial charge in [0.25, 0.3) is 5.69 Å². The van der Waals surface area contributed by atoms with Crippen molar-refractivity contribution in [1.82, 2.24) is 5.32 Å². The zero-order valence-corrected chi connectivity index (χ0v) is 9.97. The van der Waals surface area contributed by atoms with E-state index in [2.05, 4.69) is 10.6 Å². The van der Waals surface area contributed by atoms with Crippen molar-refractivity contribution >= 4 is 17.3 Å². The Morgan fingerprint density at radius 1 is 1.50 bits per heavy atom. The predicted molar refractivity (Wildman–Crippen MR) is 66.6 cm³/mol. The molecule has 0 spiro atoms. The Kier molecular flexibility index (Phi) is 5.06. The van der Waals surface area contributed by atoms with Crippen LogP contribution in [0.2, 0.25) is 0 Å². The molecule has 0 aliphatic heterocycles. The lowest BCUT2D eigenvalue weighted by Gasteiger charge is -2.06. The molecule has 0 aliphatic rings. The predicted octanol–water partition coefficient (Wildman–Crippen LogP) is 1.24. The van der Waals surface area contributed by atoms with Gasteiger partial charge in [-0.3, -0.25) is 14.9 Å². The number of hydrogen-bond acceptors (Lipinski definition) is 5. The minimum Gasteiger partial charge on any atom is -0.508 e. The van der Waals surface area contributed by atoms with Crippen molar-refractivity contribution < 1.29 is 14.8 Å². The van der Waals surface area contributed by atoms with E-state index in [1.807, 2.05) is 6.92 Å². The molecule has 1 rings (SSSR count). The highest BCUT2D eigenvalue weighted by Gasteiger charge is 2.16. The minimum atomic E-state index is -0.658. The number of anilines is 1. The largest absolute Gasteiger partial charge is 0.508 e. The topological polar surface area (TPSA) is 104 Å². The number of carbonyl (C=O) groups excluding carboxylic acids is 1. The Labute approximate surface area is 104 Å². The third-order valence-corrected chi connectivity index (χ3v) is 2.16. The van der Waals surface area contributed by atoms with Gasteiger partial charge in [0.05, 0.1) is 17.5 Å². The average molecular weight is 253 g/mol. The highest BCUT2D eigenvalue weighted by atomic mass is 16.6. The summed E-state index contributed by atoms with van der Waals surface area (Å²) in [5, 5.41) is 25.2. The SMILES string of the molecule is CCCNCC(=O)Nc1ccc(O)cc1[N+](=O)[O-]. The van der Waals surface area contributed by atoms with Gasteiger partial charge in [-0.2, -0.15) is 0 Å². The Balaban J connectivity index is 2.72. The molecule has 1 aromatic rings. The monoisotopic (exact) mass is 253 g/mol. The van der Waals surface area contributed by atoms with Crippen LogP contribution >= 0.6 is 0 Å². The second kappa shape index (κ2) is 6.55. The van der Waals surface area contributed by atoms with Gasteiger partial charge >= 0.3 is 0 Å². The molecule has 0 unspecified atom stereocenters. The number of rotatable bonds is 6. The zero-order chi connectivity index (χ0) is 13.5. The molecular formula is C11H15N3O4. The van der Waals surface area contributed by atoms with Crippen LogP contribution in [-0.2, 0) is 4.79 Å². The molecule has 7 nitrogen and oxygen atoms in total. The molecule has 0 saturated carbocycles. The number of carbonyl (C=O) groups is 1. The van der Waals surface area contributed by atoms with Gasteiger partial charge in [0.15, 0.2) is 0 Å². The molecule has 0 bridgehead atoms. The van der Waals surface area contributed by atoms with Crippen LogP contribution in [0.3, 0.4) is 0 Å². The third kappa shape index (κ3) is 4.02. The molecule has 3 N–H and O–H groups in total. The van der Waals surface area contributed by atoms with Crippen LogP contribution in [-0.4, -0.2) is 29.0 Å². The highest BCUT2D eigenvalue weighted by molar-refractivity contribution is 5.94. The molecule has 0 aliphatic carbocycles. The van der Waals surface area contributed by atoms with Gasteiger partial charge < -0.3 is 15.7 Å². The molecule has 7 heteroatoms. The minimum absolute atomic E-state index is 0.0705. The van der Waals surface area contributed by atoms with Crippen LogP contribution in [0.5, 0.6) is 5.75 Å². The number of hydrogen-bond donors (Lipinski definition) is 3. The van der Waals surface area contributed by atoms with E-state index in [4.69, 9.17) is 5.11 Å². The van der Waals surface area contributed by atoms with E-state index >= 15 is 0 Å². The van der Waals surface area contributed by atoms with Gasteiger partial charge in [0.2, 0.25) is 5.91 Å². The van der Waals surface area contributed by atoms with Crippen LogP contribution in [0, 0.1) is 10.1 Å². The van der Waals surface area contributed by atoms with E-state index in [0.29, 0.717) is 6.54 Å². The summed E-state index contributed by atoms with van der Waals surface area (Å²) in [5.74, 6) is -0.582. The Bertz CT molecular complexity index is 448. The summed E-state index contributed by atoms with van der Waals surface area (Å²) in [4.78, 5) is 21.6. The number of nitrogens with zero attached hydrogens (tertiary/aromatic N) is 1. The van der Waals surface area contributed by atoms with E-state index in [9.17, 15) is 14.9 Å². The quantitative estimate of drug-likeness (QED) is 0.306. The number of amides is 1. The second-order valence-electron chi connectivity index (χ2n) is 3.68. The van der Waals surface area contributed by atoms with Gasteiger partial charge in [-0.15, -0.1) is 0 Å². The standard InChI is InChI=1S/C11H15N3O4/c1-2-5-12-7-11(16)13-9-4-3-8(15)6-10(9)14(17)18/h3-4,6,12,15H,2,5,7H2,1H3,(H,13,16). The molecule has 0 saturated heterocycles. The first-order valence-corrected chi connectivity index (χ1v) is 5.52. The maximum atomic E-state index is 11.5. The fraction of sp³-hybridized carbons (Fsp3) is 0.364. The Morgan fingerprint density at radius 3 is 2.83 bits per heavy atom. The summed E-state index contributed by atoms with van der Waals surface area (Å²) in [6, 6.07) is 3.57. The molecule has 0 fully saturated rings. The Morgan fingerprint density at radius 2 is 2.22 bits per heavy atom. The average Bonchev–Trinajstić information content (AvgIpc) is 2.31. The zero-order valence-electron chi connectivity index (χ0n) is 9.97. The van der Waals surface area contributed by atoms with Crippen molar-refractivity contribution in [2.75, 3.05) is 18.4 Å². The van der Waals surface area contributed by atoms with E-state index in [1.165, 1.54) is 12.1 Å². The van der Waals surface area contributed by atoms with E-state index in [0.717, 1.165) is 12.5 Å². The fourth-order valence-corrected chi connectivity index (χ4v) is 1.35. The number of aromatic hydroxyl groups is 1. The van der Waals surface area contributed by atoms with Gasteiger partial charge in [0.1, 0.15) is 11.4 Å². The summed E-state index contributed by atoms with van der Waals surface area (Å²) >= 11 is 0. The lowest BCUT2D eigenvalue weighted by Crippen LogP contribution is -2.28. The molecule has 0 radical (unpaired) electrons. The lowest BCUT2D eigenvalue weighted by atomic mass is 10.2. The van der Waals surface area contributed by atoms with Crippen molar-refractivity contribution in [3.63, 3.8) is 0 Å². The molecule has 1 aromatic carbocycles. The maximum Gasteiger partial charge on any atom is 0.296 e. The van der Waals surface area contributed by atoms with Crippen LogP contribution in [0.15, 0.2) is 18.2 Å². The molecule has 98 valence electrons. The summed E-state index contributed by atoms with van der Waals surface area (Å²) < 4.78 is 0.